The van der Waals surface area contributed by atoms with Crippen LogP contribution in [0.1, 0.15) is 19.0 Å². The van der Waals surface area contributed by atoms with E-state index in [1.165, 1.54) is 6.20 Å². The van der Waals surface area contributed by atoms with E-state index in [4.69, 9.17) is 14.6 Å². The van der Waals surface area contributed by atoms with Gasteiger partial charge < -0.3 is 14.4 Å². The average Bonchev–Trinajstić information content (AvgIpc) is 3.06. The van der Waals surface area contributed by atoms with Gasteiger partial charge in [0.1, 0.15) is 4.90 Å². The summed E-state index contributed by atoms with van der Waals surface area (Å²) >= 11 is 0. The van der Waals surface area contributed by atoms with E-state index < -0.39 is 22.2 Å². The molecule has 31 heavy (non-hydrogen) atoms. The molecule has 1 aliphatic heterocycles. The lowest BCUT2D eigenvalue weighted by molar-refractivity contribution is -0.192. The fraction of sp³-hybridized carbons (Fsp3) is 0.474. The lowest BCUT2D eigenvalue weighted by atomic mass is 10.1. The fourth-order valence-corrected chi connectivity index (χ4v) is 4.50. The third kappa shape index (κ3) is 7.04. The molecule has 0 saturated carbocycles. The molecule has 1 atom stereocenters. The van der Waals surface area contributed by atoms with Gasteiger partial charge in [-0.1, -0.05) is 0 Å². The molecule has 0 aromatic carbocycles. The highest BCUT2D eigenvalue weighted by atomic mass is 32.2. The Hall–Kier alpha value is -2.44. The summed E-state index contributed by atoms with van der Waals surface area (Å²) in [7, 11) is -3.55. The highest BCUT2D eigenvalue weighted by molar-refractivity contribution is 7.89. The summed E-state index contributed by atoms with van der Waals surface area (Å²) in [4.78, 5) is 13.1. The number of halogens is 3. The number of hydrogen-bond acceptors (Lipinski definition) is 5. The number of aromatic nitrogens is 2. The molecule has 0 aliphatic carbocycles. The number of carbonyl (C=O) groups is 1. The van der Waals surface area contributed by atoms with Crippen molar-refractivity contribution in [2.45, 2.75) is 37.5 Å². The largest absolute Gasteiger partial charge is 0.490 e. The van der Waals surface area contributed by atoms with E-state index in [0.717, 1.165) is 18.7 Å². The topological polar surface area (TPSA) is 102 Å². The van der Waals surface area contributed by atoms with Crippen molar-refractivity contribution < 1.29 is 36.2 Å². The number of carboxylic acid groups (broad SMARTS) is 1. The number of sulfonamides is 1. The molecule has 0 amide bonds. The fourth-order valence-electron chi connectivity index (χ4n) is 3.05. The van der Waals surface area contributed by atoms with Gasteiger partial charge in [0.2, 0.25) is 10.0 Å². The van der Waals surface area contributed by atoms with Crippen LogP contribution in [-0.4, -0.2) is 59.3 Å². The minimum Gasteiger partial charge on any atom is -0.475 e. The molecule has 172 valence electrons. The van der Waals surface area contributed by atoms with Crippen molar-refractivity contribution in [3.63, 3.8) is 0 Å². The number of carboxylic acids is 1. The third-order valence-electron chi connectivity index (χ3n) is 4.57. The Kier molecular flexibility index (Phi) is 8.60. The smallest absolute Gasteiger partial charge is 0.475 e. The monoisotopic (exact) mass is 463 g/mol. The van der Waals surface area contributed by atoms with Crippen LogP contribution < -0.4 is 0 Å². The van der Waals surface area contributed by atoms with Crippen LogP contribution in [0.2, 0.25) is 0 Å². The molecule has 3 rings (SSSR count). The number of aliphatic carboxylic acids is 1. The van der Waals surface area contributed by atoms with Crippen LogP contribution in [0, 0.1) is 5.92 Å². The second-order valence-electron chi connectivity index (χ2n) is 6.79. The highest BCUT2D eigenvalue weighted by Gasteiger charge is 2.38. The van der Waals surface area contributed by atoms with Crippen molar-refractivity contribution in [3.05, 3.63) is 48.5 Å². The quantitative estimate of drug-likeness (QED) is 0.661. The number of hydrogen-bond donors (Lipinski definition) is 1. The van der Waals surface area contributed by atoms with Gasteiger partial charge in [-0.25, -0.2) is 13.2 Å². The summed E-state index contributed by atoms with van der Waals surface area (Å²) in [5, 5.41) is 7.12. The van der Waals surface area contributed by atoms with Crippen molar-refractivity contribution in [3.8, 4) is 0 Å². The van der Waals surface area contributed by atoms with E-state index >= 15 is 0 Å². The zero-order valence-corrected chi connectivity index (χ0v) is 17.6. The molecule has 0 fully saturated rings. The lowest BCUT2D eigenvalue weighted by Crippen LogP contribution is -2.34. The molecule has 12 heteroatoms. The van der Waals surface area contributed by atoms with E-state index in [1.807, 2.05) is 25.3 Å². The average molecular weight is 463 g/mol. The number of ether oxygens (including phenoxy) is 1. The summed E-state index contributed by atoms with van der Waals surface area (Å²) in [6.07, 6.45) is 0.764. The van der Waals surface area contributed by atoms with E-state index in [9.17, 15) is 21.6 Å². The molecule has 1 unspecified atom stereocenters. The zero-order valence-electron chi connectivity index (χ0n) is 16.8. The lowest BCUT2D eigenvalue weighted by Gasteiger charge is -2.23. The molecule has 8 nitrogen and oxygen atoms in total. The van der Waals surface area contributed by atoms with Crippen molar-refractivity contribution in [1.29, 1.82) is 0 Å². The normalized spacial score (nSPS) is 17.2. The molecule has 0 saturated heterocycles. The predicted molar refractivity (Wildman–Crippen MR) is 105 cm³/mol. The van der Waals surface area contributed by atoms with Crippen LogP contribution in [-0.2, 0) is 32.6 Å². The first-order valence-corrected chi connectivity index (χ1v) is 10.9. The van der Waals surface area contributed by atoms with Gasteiger partial charge in [0, 0.05) is 50.6 Å². The number of fused-ring (bicyclic) bond motifs is 1. The Bertz CT molecular complexity index is 948. The summed E-state index contributed by atoms with van der Waals surface area (Å²) in [5.74, 6) is -2.54. The standard InChI is InChI=1S/C17H23N3O3S.C2HF3O2/c1-2-23-10-7-15-12-19-9-4-5-16(19)14-20(13-15)24(21,22)17-6-3-8-18-11-17;3-2(4,5)1(6)7/h3-6,8-9,11,15H,2,7,10,12-14H2,1H3;(H,6,7). The Labute approximate surface area is 178 Å². The molecule has 1 aliphatic rings. The molecule has 1 N–H and O–H groups in total. The van der Waals surface area contributed by atoms with Gasteiger partial charge >= 0.3 is 12.1 Å². The maximum atomic E-state index is 13.0. The highest BCUT2D eigenvalue weighted by Crippen LogP contribution is 2.25. The van der Waals surface area contributed by atoms with Crippen LogP contribution in [0.4, 0.5) is 13.2 Å². The maximum Gasteiger partial charge on any atom is 0.490 e. The van der Waals surface area contributed by atoms with Crippen LogP contribution in [0.3, 0.4) is 0 Å². The van der Waals surface area contributed by atoms with Crippen LogP contribution in [0.15, 0.2) is 47.8 Å². The second kappa shape index (κ2) is 10.7. The summed E-state index contributed by atoms with van der Waals surface area (Å²) in [6, 6.07) is 7.20. The van der Waals surface area contributed by atoms with Gasteiger partial charge in [0.05, 0.1) is 6.54 Å². The molecule has 2 aromatic rings. The van der Waals surface area contributed by atoms with E-state index in [2.05, 4.69) is 9.55 Å². The summed E-state index contributed by atoms with van der Waals surface area (Å²) in [6.45, 7) is 4.99. The zero-order chi connectivity index (χ0) is 23.1. The Balaban J connectivity index is 0.000000423. The summed E-state index contributed by atoms with van der Waals surface area (Å²) < 4.78 is 66.9. The Morgan fingerprint density at radius 1 is 1.29 bits per heavy atom. The first-order valence-electron chi connectivity index (χ1n) is 9.47. The van der Waals surface area contributed by atoms with Gasteiger partial charge in [0.15, 0.2) is 0 Å². The number of rotatable bonds is 6. The van der Waals surface area contributed by atoms with E-state index in [0.29, 0.717) is 26.3 Å². The van der Waals surface area contributed by atoms with Gasteiger partial charge in [-0.15, -0.1) is 0 Å². The van der Waals surface area contributed by atoms with Crippen LogP contribution in [0.5, 0.6) is 0 Å². The maximum absolute atomic E-state index is 13.0. The van der Waals surface area contributed by atoms with E-state index in [-0.39, 0.29) is 10.8 Å². The predicted octanol–water partition coefficient (Wildman–Crippen LogP) is 2.76. The molecular formula is C19H24F3N3O5S. The minimum absolute atomic E-state index is 0.219. The Morgan fingerprint density at radius 2 is 2.00 bits per heavy atom. The van der Waals surface area contributed by atoms with Crippen LogP contribution in [0.25, 0.3) is 0 Å². The molecule has 0 radical (unpaired) electrons. The summed E-state index contributed by atoms with van der Waals surface area (Å²) in [5.41, 5.74) is 1.02. The molecular weight excluding hydrogens is 439 g/mol. The number of alkyl halides is 3. The SMILES string of the molecule is CCOCCC1CN(S(=O)(=O)c2cccnc2)Cc2cccn2C1.O=C(O)C(F)(F)F. The third-order valence-corrected chi connectivity index (χ3v) is 6.36. The molecule has 2 aromatic heterocycles. The van der Waals surface area contributed by atoms with Crippen molar-refractivity contribution >= 4 is 16.0 Å². The number of pyridine rings is 1. The van der Waals surface area contributed by atoms with Gasteiger partial charge in [-0.05, 0) is 43.5 Å². The Morgan fingerprint density at radius 3 is 2.58 bits per heavy atom. The van der Waals surface area contributed by atoms with Crippen molar-refractivity contribution in [1.82, 2.24) is 13.9 Å². The number of nitrogens with zero attached hydrogens (tertiary/aromatic N) is 3. The molecule has 0 bridgehead atoms. The van der Waals surface area contributed by atoms with Gasteiger partial charge in [0.25, 0.3) is 0 Å². The second-order valence-corrected chi connectivity index (χ2v) is 8.73. The van der Waals surface area contributed by atoms with Crippen molar-refractivity contribution in [2.24, 2.45) is 5.92 Å². The minimum atomic E-state index is -5.08. The first kappa shape index (κ1) is 24.8. The van der Waals surface area contributed by atoms with Crippen LogP contribution >= 0.6 is 0 Å². The van der Waals surface area contributed by atoms with E-state index in [1.54, 1.807) is 22.6 Å². The molecule has 0 spiro atoms. The molecule has 3 heterocycles. The first-order chi connectivity index (χ1) is 14.6. The van der Waals surface area contributed by atoms with Gasteiger partial charge in [-0.3, -0.25) is 4.98 Å². The van der Waals surface area contributed by atoms with Gasteiger partial charge in [-0.2, -0.15) is 17.5 Å². The van der Waals surface area contributed by atoms with Crippen molar-refractivity contribution in [2.75, 3.05) is 19.8 Å².